The Kier molecular flexibility index (Phi) is 7.37. The molecule has 0 aliphatic rings. The maximum absolute atomic E-state index is 12.9. The minimum atomic E-state index is -1.07. The molecule has 2 aromatic rings. The summed E-state index contributed by atoms with van der Waals surface area (Å²) in [5.41, 5.74) is -0.430. The average molecular weight is 389 g/mol. The highest BCUT2D eigenvalue weighted by Crippen LogP contribution is 2.28. The zero-order chi connectivity index (χ0) is 20.6. The summed E-state index contributed by atoms with van der Waals surface area (Å²) in [4.78, 5) is 23.7. The minimum Gasteiger partial charge on any atom is -0.497 e. The number of rotatable bonds is 10. The molecule has 2 rings (SSSR count). The predicted molar refractivity (Wildman–Crippen MR) is 102 cm³/mol. The largest absolute Gasteiger partial charge is 0.497 e. The summed E-state index contributed by atoms with van der Waals surface area (Å²) >= 11 is 0. The summed E-state index contributed by atoms with van der Waals surface area (Å²) in [6, 6.07) is 12.6. The second kappa shape index (κ2) is 9.73. The Labute approximate surface area is 163 Å². The second-order valence-corrected chi connectivity index (χ2v) is 6.59. The fourth-order valence-electron chi connectivity index (χ4n) is 2.81. The number of aliphatic carboxylic acids is 1. The zero-order valence-electron chi connectivity index (χ0n) is 15.9. The standard InChI is InChI=1S/C21H24FNO5/c1-21(14-20(25)26,15-5-3-6-18(13-15)27-2)23-19(24)7-4-12-28-17-10-8-16(22)9-11-17/h3,5-6,8-11,13H,4,7,12,14H2,1-2H3,(H,23,24)(H,25,26). The minimum absolute atomic E-state index is 0.167. The molecule has 2 N–H and O–H groups in total. The molecule has 7 heteroatoms. The van der Waals surface area contributed by atoms with Gasteiger partial charge >= 0.3 is 5.97 Å². The Hall–Kier alpha value is -3.09. The van der Waals surface area contributed by atoms with E-state index in [-0.39, 0.29) is 31.2 Å². The number of carbonyl (C=O) groups is 2. The molecule has 150 valence electrons. The van der Waals surface area contributed by atoms with Crippen molar-refractivity contribution >= 4 is 11.9 Å². The molecule has 0 saturated carbocycles. The smallest absolute Gasteiger partial charge is 0.306 e. The molecule has 0 aliphatic heterocycles. The van der Waals surface area contributed by atoms with Crippen molar-refractivity contribution in [3.8, 4) is 11.5 Å². The van der Waals surface area contributed by atoms with Crippen LogP contribution in [0.25, 0.3) is 0 Å². The van der Waals surface area contributed by atoms with Crippen LogP contribution in [-0.2, 0) is 15.1 Å². The van der Waals surface area contributed by atoms with Gasteiger partial charge in [0.2, 0.25) is 5.91 Å². The van der Waals surface area contributed by atoms with Crippen molar-refractivity contribution in [3.63, 3.8) is 0 Å². The molecule has 0 bridgehead atoms. The van der Waals surface area contributed by atoms with Crippen molar-refractivity contribution in [3.05, 3.63) is 59.9 Å². The van der Waals surface area contributed by atoms with Gasteiger partial charge in [-0.05, 0) is 55.3 Å². The quantitative estimate of drug-likeness (QED) is 0.608. The lowest BCUT2D eigenvalue weighted by Crippen LogP contribution is -2.45. The second-order valence-electron chi connectivity index (χ2n) is 6.59. The molecule has 2 aromatic carbocycles. The first-order chi connectivity index (χ1) is 13.3. The third-order valence-electron chi connectivity index (χ3n) is 4.26. The van der Waals surface area contributed by atoms with E-state index in [1.165, 1.54) is 31.4 Å². The van der Waals surface area contributed by atoms with Gasteiger partial charge in [-0.2, -0.15) is 0 Å². The highest BCUT2D eigenvalue weighted by Gasteiger charge is 2.31. The summed E-state index contributed by atoms with van der Waals surface area (Å²) in [5, 5.41) is 12.1. The molecule has 0 radical (unpaired) electrons. The third-order valence-corrected chi connectivity index (χ3v) is 4.26. The number of ether oxygens (including phenoxy) is 2. The molecule has 0 fully saturated rings. The van der Waals surface area contributed by atoms with E-state index in [4.69, 9.17) is 9.47 Å². The van der Waals surface area contributed by atoms with Gasteiger partial charge in [0.25, 0.3) is 0 Å². The Balaban J connectivity index is 1.94. The number of amides is 1. The van der Waals surface area contributed by atoms with Crippen molar-refractivity contribution in [1.29, 1.82) is 0 Å². The van der Waals surface area contributed by atoms with Crippen LogP contribution in [0.5, 0.6) is 11.5 Å². The van der Waals surface area contributed by atoms with Gasteiger partial charge in [-0.15, -0.1) is 0 Å². The summed E-state index contributed by atoms with van der Waals surface area (Å²) in [6.45, 7) is 1.96. The van der Waals surface area contributed by atoms with E-state index >= 15 is 0 Å². The van der Waals surface area contributed by atoms with Gasteiger partial charge < -0.3 is 19.9 Å². The van der Waals surface area contributed by atoms with Gasteiger partial charge in [0.05, 0.1) is 25.7 Å². The monoisotopic (exact) mass is 389 g/mol. The van der Waals surface area contributed by atoms with E-state index in [0.717, 1.165) is 0 Å². The van der Waals surface area contributed by atoms with Gasteiger partial charge in [0.1, 0.15) is 17.3 Å². The van der Waals surface area contributed by atoms with E-state index in [9.17, 15) is 19.1 Å². The van der Waals surface area contributed by atoms with Crippen LogP contribution in [0.3, 0.4) is 0 Å². The fourth-order valence-corrected chi connectivity index (χ4v) is 2.81. The number of carbonyl (C=O) groups excluding carboxylic acids is 1. The van der Waals surface area contributed by atoms with E-state index in [1.807, 2.05) is 0 Å². The van der Waals surface area contributed by atoms with Crippen LogP contribution in [0, 0.1) is 5.82 Å². The van der Waals surface area contributed by atoms with Crippen LogP contribution in [0.15, 0.2) is 48.5 Å². The number of hydrogen-bond donors (Lipinski definition) is 2. The Morgan fingerprint density at radius 3 is 2.50 bits per heavy atom. The van der Waals surface area contributed by atoms with Gasteiger partial charge in [-0.25, -0.2) is 4.39 Å². The first-order valence-electron chi connectivity index (χ1n) is 8.88. The zero-order valence-corrected chi connectivity index (χ0v) is 15.9. The number of hydrogen-bond acceptors (Lipinski definition) is 4. The summed E-state index contributed by atoms with van der Waals surface area (Å²) in [7, 11) is 1.52. The van der Waals surface area contributed by atoms with Crippen LogP contribution in [0.4, 0.5) is 4.39 Å². The highest BCUT2D eigenvalue weighted by molar-refractivity contribution is 5.78. The molecule has 0 heterocycles. The van der Waals surface area contributed by atoms with Gasteiger partial charge in [-0.1, -0.05) is 12.1 Å². The number of carboxylic acids is 1. The van der Waals surface area contributed by atoms with Crippen LogP contribution >= 0.6 is 0 Å². The molecular formula is C21H24FNO5. The molecule has 6 nitrogen and oxygen atoms in total. The summed E-state index contributed by atoms with van der Waals surface area (Å²) in [6.07, 6.45) is 0.336. The fraction of sp³-hybridized carbons (Fsp3) is 0.333. The van der Waals surface area contributed by atoms with Crippen molar-refractivity contribution < 1.29 is 28.6 Å². The third kappa shape index (κ3) is 6.26. The van der Waals surface area contributed by atoms with Crippen LogP contribution in [0.1, 0.15) is 31.7 Å². The highest BCUT2D eigenvalue weighted by atomic mass is 19.1. The molecule has 0 aliphatic carbocycles. The molecule has 0 saturated heterocycles. The van der Waals surface area contributed by atoms with Crippen molar-refractivity contribution in [2.45, 2.75) is 31.7 Å². The number of carboxylic acid groups (broad SMARTS) is 1. The lowest BCUT2D eigenvalue weighted by Gasteiger charge is -2.30. The molecule has 1 unspecified atom stereocenters. The van der Waals surface area contributed by atoms with E-state index in [1.54, 1.807) is 31.2 Å². The first-order valence-corrected chi connectivity index (χ1v) is 8.88. The normalized spacial score (nSPS) is 12.7. The topological polar surface area (TPSA) is 84.9 Å². The summed E-state index contributed by atoms with van der Waals surface area (Å²) in [5.74, 6) is -0.550. The van der Waals surface area contributed by atoms with Gasteiger partial charge in [0.15, 0.2) is 0 Å². The van der Waals surface area contributed by atoms with Crippen LogP contribution < -0.4 is 14.8 Å². The van der Waals surface area contributed by atoms with Crippen LogP contribution in [-0.4, -0.2) is 30.7 Å². The van der Waals surface area contributed by atoms with Crippen LogP contribution in [0.2, 0.25) is 0 Å². The Morgan fingerprint density at radius 2 is 1.86 bits per heavy atom. The van der Waals surface area contributed by atoms with Gasteiger partial charge in [0, 0.05) is 6.42 Å². The predicted octanol–water partition coefficient (Wildman–Crippen LogP) is 3.50. The van der Waals surface area contributed by atoms with Crippen molar-refractivity contribution in [2.75, 3.05) is 13.7 Å². The van der Waals surface area contributed by atoms with E-state index < -0.39 is 11.5 Å². The molecule has 28 heavy (non-hydrogen) atoms. The number of halogens is 1. The lowest BCUT2D eigenvalue weighted by molar-refractivity contribution is -0.139. The molecular weight excluding hydrogens is 365 g/mol. The number of nitrogens with one attached hydrogen (secondary N) is 1. The average Bonchev–Trinajstić information content (AvgIpc) is 2.66. The van der Waals surface area contributed by atoms with Crippen molar-refractivity contribution in [2.24, 2.45) is 0 Å². The number of methoxy groups -OCH3 is 1. The Morgan fingerprint density at radius 1 is 1.14 bits per heavy atom. The molecule has 0 aromatic heterocycles. The lowest BCUT2D eigenvalue weighted by atomic mass is 9.88. The number of benzene rings is 2. The SMILES string of the molecule is COc1cccc(C(C)(CC(=O)O)NC(=O)CCCOc2ccc(F)cc2)c1. The molecule has 0 spiro atoms. The summed E-state index contributed by atoms with van der Waals surface area (Å²) < 4.78 is 23.5. The Bertz CT molecular complexity index is 809. The van der Waals surface area contributed by atoms with Crippen molar-refractivity contribution in [1.82, 2.24) is 5.32 Å². The maximum Gasteiger partial charge on any atom is 0.306 e. The molecule has 1 amide bonds. The van der Waals surface area contributed by atoms with Gasteiger partial charge in [-0.3, -0.25) is 9.59 Å². The van der Waals surface area contributed by atoms with E-state index in [2.05, 4.69) is 5.32 Å². The molecule has 1 atom stereocenters. The maximum atomic E-state index is 12.9. The first kappa shape index (κ1) is 21.2. The van der Waals surface area contributed by atoms with E-state index in [0.29, 0.717) is 23.5 Å².